The van der Waals surface area contributed by atoms with Crippen LogP contribution in [0.15, 0.2) is 30.3 Å². The van der Waals surface area contributed by atoms with Crippen molar-refractivity contribution in [3.05, 3.63) is 46.0 Å². The van der Waals surface area contributed by atoms with E-state index >= 15 is 0 Å². The first-order valence-electron chi connectivity index (χ1n) is 4.97. The Labute approximate surface area is 106 Å². The van der Waals surface area contributed by atoms with Crippen LogP contribution in [0.5, 0.6) is 5.75 Å². The molecule has 0 radical (unpaired) electrons. The second kappa shape index (κ2) is 4.71. The Morgan fingerprint density at radius 1 is 1.41 bits per heavy atom. The molecule has 0 atom stereocenters. The first-order valence-corrected chi connectivity index (χ1v) is 6.09. The predicted octanol–water partition coefficient (Wildman–Crippen LogP) is 3.65. The average Bonchev–Trinajstić information content (AvgIpc) is 2.35. The topological polar surface area (TPSA) is 52.4 Å². The molecular formula is C12H10BrNO3. The smallest absolute Gasteiger partial charge is 0.277 e. The summed E-state index contributed by atoms with van der Waals surface area (Å²) in [5, 5.41) is 13.0. The van der Waals surface area contributed by atoms with Gasteiger partial charge in [0, 0.05) is 17.0 Å². The lowest BCUT2D eigenvalue weighted by atomic mass is 10.1. The quantitative estimate of drug-likeness (QED) is 0.493. The largest absolute Gasteiger partial charge is 0.496 e. The molecule has 2 aromatic rings. The molecule has 0 heterocycles. The molecule has 4 nitrogen and oxygen atoms in total. The molecule has 0 amide bonds. The number of hydrogen-bond acceptors (Lipinski definition) is 3. The van der Waals surface area contributed by atoms with Gasteiger partial charge < -0.3 is 4.74 Å². The molecule has 0 saturated carbocycles. The zero-order valence-electron chi connectivity index (χ0n) is 9.14. The maximum Gasteiger partial charge on any atom is 0.277 e. The van der Waals surface area contributed by atoms with Gasteiger partial charge in [-0.3, -0.25) is 10.1 Å². The second-order valence-corrected chi connectivity index (χ2v) is 4.11. The highest BCUT2D eigenvalue weighted by atomic mass is 79.9. The first-order chi connectivity index (χ1) is 8.17. The van der Waals surface area contributed by atoms with E-state index in [4.69, 9.17) is 4.74 Å². The number of rotatable bonds is 3. The van der Waals surface area contributed by atoms with Crippen molar-refractivity contribution in [3.8, 4) is 5.75 Å². The van der Waals surface area contributed by atoms with Crippen LogP contribution < -0.4 is 4.74 Å². The van der Waals surface area contributed by atoms with Crippen molar-refractivity contribution in [2.75, 3.05) is 7.11 Å². The van der Waals surface area contributed by atoms with Crippen molar-refractivity contribution in [2.24, 2.45) is 0 Å². The van der Waals surface area contributed by atoms with E-state index in [0.29, 0.717) is 10.7 Å². The van der Waals surface area contributed by atoms with Gasteiger partial charge in [0.25, 0.3) is 5.69 Å². The molecular weight excluding hydrogens is 286 g/mol. The van der Waals surface area contributed by atoms with Crippen LogP contribution in [0.3, 0.4) is 0 Å². The van der Waals surface area contributed by atoms with E-state index in [2.05, 4.69) is 15.9 Å². The Bertz CT molecular complexity index is 583. The van der Waals surface area contributed by atoms with Crippen molar-refractivity contribution >= 4 is 32.4 Å². The van der Waals surface area contributed by atoms with Crippen molar-refractivity contribution in [1.29, 1.82) is 0 Å². The van der Waals surface area contributed by atoms with Crippen LogP contribution in [0.2, 0.25) is 0 Å². The van der Waals surface area contributed by atoms with E-state index in [1.807, 2.05) is 12.1 Å². The number of benzene rings is 2. The van der Waals surface area contributed by atoms with Gasteiger partial charge in [-0.2, -0.15) is 0 Å². The van der Waals surface area contributed by atoms with Crippen LogP contribution in [0, 0.1) is 10.1 Å². The SMILES string of the molecule is COc1cc2cccc([N+](=O)[O-])c2cc1CBr. The molecule has 2 rings (SSSR count). The summed E-state index contributed by atoms with van der Waals surface area (Å²) < 4.78 is 5.24. The van der Waals surface area contributed by atoms with Gasteiger partial charge in [0.1, 0.15) is 5.75 Å². The average molecular weight is 296 g/mol. The van der Waals surface area contributed by atoms with Gasteiger partial charge in [-0.15, -0.1) is 0 Å². The number of methoxy groups -OCH3 is 1. The van der Waals surface area contributed by atoms with Gasteiger partial charge in [-0.25, -0.2) is 0 Å². The lowest BCUT2D eigenvalue weighted by Gasteiger charge is -2.08. The lowest BCUT2D eigenvalue weighted by Crippen LogP contribution is -1.93. The van der Waals surface area contributed by atoms with Crippen molar-refractivity contribution in [2.45, 2.75) is 5.33 Å². The number of hydrogen-bond donors (Lipinski definition) is 0. The molecule has 0 N–H and O–H groups in total. The van der Waals surface area contributed by atoms with E-state index in [1.54, 1.807) is 19.2 Å². The fourth-order valence-electron chi connectivity index (χ4n) is 1.79. The molecule has 88 valence electrons. The van der Waals surface area contributed by atoms with Crippen LogP contribution in [-0.2, 0) is 5.33 Å². The summed E-state index contributed by atoms with van der Waals surface area (Å²) >= 11 is 3.35. The molecule has 0 spiro atoms. The molecule has 5 heteroatoms. The maximum absolute atomic E-state index is 10.9. The van der Waals surface area contributed by atoms with Gasteiger partial charge in [0.2, 0.25) is 0 Å². The normalized spacial score (nSPS) is 10.5. The van der Waals surface area contributed by atoms with Crippen LogP contribution in [-0.4, -0.2) is 12.0 Å². The molecule has 0 aliphatic heterocycles. The van der Waals surface area contributed by atoms with E-state index < -0.39 is 0 Å². The molecule has 0 unspecified atom stereocenters. The predicted molar refractivity (Wildman–Crippen MR) is 69.8 cm³/mol. The number of ether oxygens (including phenoxy) is 1. The van der Waals surface area contributed by atoms with Gasteiger partial charge in [0.15, 0.2) is 0 Å². The van der Waals surface area contributed by atoms with E-state index in [-0.39, 0.29) is 10.6 Å². The van der Waals surface area contributed by atoms with Gasteiger partial charge in [-0.05, 0) is 17.5 Å². The highest BCUT2D eigenvalue weighted by Crippen LogP contribution is 2.32. The Kier molecular flexibility index (Phi) is 3.28. The summed E-state index contributed by atoms with van der Waals surface area (Å²) in [4.78, 5) is 10.6. The highest BCUT2D eigenvalue weighted by molar-refractivity contribution is 9.08. The summed E-state index contributed by atoms with van der Waals surface area (Å²) in [5.41, 5.74) is 1.02. The summed E-state index contributed by atoms with van der Waals surface area (Å²) in [6.07, 6.45) is 0. The Balaban J connectivity index is 2.78. The minimum Gasteiger partial charge on any atom is -0.496 e. The fourth-order valence-corrected chi connectivity index (χ4v) is 2.22. The van der Waals surface area contributed by atoms with Gasteiger partial charge >= 0.3 is 0 Å². The van der Waals surface area contributed by atoms with Crippen LogP contribution >= 0.6 is 15.9 Å². The highest BCUT2D eigenvalue weighted by Gasteiger charge is 2.13. The molecule has 0 fully saturated rings. The van der Waals surface area contributed by atoms with Crippen molar-refractivity contribution < 1.29 is 9.66 Å². The van der Waals surface area contributed by atoms with E-state index in [0.717, 1.165) is 16.7 Å². The summed E-state index contributed by atoms with van der Waals surface area (Å²) in [5.74, 6) is 0.731. The Hall–Kier alpha value is -1.62. The number of halogens is 1. The molecule has 0 aliphatic rings. The number of nitrogens with zero attached hydrogens (tertiary/aromatic N) is 1. The third-order valence-electron chi connectivity index (χ3n) is 2.60. The van der Waals surface area contributed by atoms with Crippen molar-refractivity contribution in [1.82, 2.24) is 0 Å². The second-order valence-electron chi connectivity index (χ2n) is 3.55. The summed E-state index contributed by atoms with van der Waals surface area (Å²) in [6, 6.07) is 8.63. The first kappa shape index (κ1) is 11.9. The molecule has 0 aliphatic carbocycles. The third-order valence-corrected chi connectivity index (χ3v) is 3.20. The zero-order valence-corrected chi connectivity index (χ0v) is 10.7. The third kappa shape index (κ3) is 2.10. The minimum absolute atomic E-state index is 0.118. The molecule has 0 aromatic heterocycles. The summed E-state index contributed by atoms with van der Waals surface area (Å²) in [7, 11) is 1.59. The zero-order chi connectivity index (χ0) is 12.4. The van der Waals surface area contributed by atoms with Crippen LogP contribution in [0.25, 0.3) is 10.8 Å². The maximum atomic E-state index is 10.9. The number of non-ortho nitro benzene ring substituents is 1. The standard InChI is InChI=1S/C12H10BrNO3/c1-17-12-6-8-3-2-4-11(14(15)16)10(8)5-9(12)7-13/h2-6H,7H2,1H3. The van der Waals surface area contributed by atoms with E-state index in [9.17, 15) is 10.1 Å². The number of nitro groups is 1. The van der Waals surface area contributed by atoms with Crippen molar-refractivity contribution in [3.63, 3.8) is 0 Å². The molecule has 2 aromatic carbocycles. The van der Waals surface area contributed by atoms with Gasteiger partial charge in [0.05, 0.1) is 17.4 Å². The lowest BCUT2D eigenvalue weighted by molar-refractivity contribution is -0.383. The Morgan fingerprint density at radius 2 is 2.18 bits per heavy atom. The monoisotopic (exact) mass is 295 g/mol. The minimum atomic E-state index is -0.368. The van der Waals surface area contributed by atoms with Crippen LogP contribution in [0.1, 0.15) is 5.56 Å². The summed E-state index contributed by atoms with van der Waals surface area (Å²) in [6.45, 7) is 0. The number of fused-ring (bicyclic) bond motifs is 1. The van der Waals surface area contributed by atoms with E-state index in [1.165, 1.54) is 6.07 Å². The molecule has 0 saturated heterocycles. The molecule has 0 bridgehead atoms. The molecule has 17 heavy (non-hydrogen) atoms. The van der Waals surface area contributed by atoms with Crippen LogP contribution in [0.4, 0.5) is 5.69 Å². The number of alkyl halides is 1. The number of nitro benzene ring substituents is 1. The fraction of sp³-hybridized carbons (Fsp3) is 0.167. The Morgan fingerprint density at radius 3 is 2.76 bits per heavy atom. The van der Waals surface area contributed by atoms with Gasteiger partial charge in [-0.1, -0.05) is 28.1 Å².